The lowest BCUT2D eigenvalue weighted by atomic mass is 10.1. The summed E-state index contributed by atoms with van der Waals surface area (Å²) >= 11 is 0. The molecule has 27 heavy (non-hydrogen) atoms. The molecule has 7 heteroatoms. The molecular weight excluding hydrogens is 346 g/mol. The number of anilines is 1. The van der Waals surface area contributed by atoms with Gasteiger partial charge in [0.05, 0.1) is 17.5 Å². The number of carbonyl (C=O) groups excluding carboxylic acids is 2. The Labute approximate surface area is 155 Å². The Morgan fingerprint density at radius 2 is 1.70 bits per heavy atom. The molecule has 138 valence electrons. The average molecular weight is 365 g/mol. The van der Waals surface area contributed by atoms with E-state index in [0.29, 0.717) is 22.2 Å². The molecule has 0 fully saturated rings. The third kappa shape index (κ3) is 4.03. The van der Waals surface area contributed by atoms with Crippen LogP contribution in [-0.2, 0) is 20.7 Å². The molecule has 0 aliphatic carbocycles. The largest absolute Gasteiger partial charge is 0.452 e. The number of rotatable bonds is 5. The van der Waals surface area contributed by atoms with Crippen molar-refractivity contribution in [3.63, 3.8) is 0 Å². The molecule has 1 N–H and O–H groups in total. The van der Waals surface area contributed by atoms with Crippen LogP contribution in [0.15, 0.2) is 59.4 Å². The molecule has 1 aromatic heterocycles. The van der Waals surface area contributed by atoms with E-state index in [1.165, 1.54) is 11.8 Å². The van der Waals surface area contributed by atoms with Crippen LogP contribution in [-0.4, -0.2) is 35.2 Å². The summed E-state index contributed by atoms with van der Waals surface area (Å²) in [7, 11) is 1.62. The molecule has 0 saturated heterocycles. The van der Waals surface area contributed by atoms with Crippen LogP contribution in [0.5, 0.6) is 0 Å². The first kappa shape index (κ1) is 18.3. The molecule has 0 unspecified atom stereocenters. The zero-order valence-corrected chi connectivity index (χ0v) is 15.0. The minimum atomic E-state index is -0.947. The zero-order valence-electron chi connectivity index (χ0n) is 15.0. The highest BCUT2D eigenvalue weighted by Gasteiger charge is 2.23. The molecule has 2 aromatic carbocycles. The van der Waals surface area contributed by atoms with Crippen molar-refractivity contribution in [3.05, 3.63) is 70.6 Å². The number of hydrogen-bond donors (Lipinski definition) is 1. The van der Waals surface area contributed by atoms with Crippen molar-refractivity contribution in [1.29, 1.82) is 0 Å². The quantitative estimate of drug-likeness (QED) is 0.699. The van der Waals surface area contributed by atoms with Crippen molar-refractivity contribution in [2.75, 3.05) is 11.9 Å². The van der Waals surface area contributed by atoms with E-state index >= 15 is 0 Å². The lowest BCUT2D eigenvalue weighted by Crippen LogP contribution is -2.37. The second-order valence-electron chi connectivity index (χ2n) is 6.09. The SMILES string of the molecule is C[C@H](OC(=O)Cc1n[nH]c(=O)c2ccccc12)C(=O)N(C)c1ccccc1. The van der Waals surface area contributed by atoms with Gasteiger partial charge in [-0.25, -0.2) is 5.10 Å². The van der Waals surface area contributed by atoms with Gasteiger partial charge in [0, 0.05) is 18.1 Å². The van der Waals surface area contributed by atoms with Gasteiger partial charge in [-0.2, -0.15) is 5.10 Å². The fourth-order valence-electron chi connectivity index (χ4n) is 2.78. The van der Waals surface area contributed by atoms with Gasteiger partial charge >= 0.3 is 5.97 Å². The first-order valence-corrected chi connectivity index (χ1v) is 8.46. The predicted octanol–water partition coefficient (Wildman–Crippen LogP) is 2.06. The van der Waals surface area contributed by atoms with E-state index in [1.54, 1.807) is 43.4 Å². The van der Waals surface area contributed by atoms with Crippen molar-refractivity contribution in [1.82, 2.24) is 10.2 Å². The summed E-state index contributed by atoms with van der Waals surface area (Å²) in [5.41, 5.74) is 0.778. The third-order valence-corrected chi connectivity index (χ3v) is 4.22. The van der Waals surface area contributed by atoms with Gasteiger partial charge in [-0.1, -0.05) is 36.4 Å². The number of para-hydroxylation sites is 1. The number of nitrogens with one attached hydrogen (secondary N) is 1. The highest BCUT2D eigenvalue weighted by Crippen LogP contribution is 2.15. The van der Waals surface area contributed by atoms with Gasteiger partial charge in [-0.15, -0.1) is 0 Å². The fraction of sp³-hybridized carbons (Fsp3) is 0.200. The molecule has 3 aromatic rings. The summed E-state index contributed by atoms with van der Waals surface area (Å²) in [6, 6.07) is 16.0. The van der Waals surface area contributed by atoms with Gasteiger partial charge in [0.2, 0.25) is 0 Å². The van der Waals surface area contributed by atoms with E-state index in [1.807, 2.05) is 18.2 Å². The van der Waals surface area contributed by atoms with Crippen LogP contribution in [0.25, 0.3) is 10.8 Å². The van der Waals surface area contributed by atoms with Crippen molar-refractivity contribution >= 4 is 28.3 Å². The molecule has 0 spiro atoms. The van der Waals surface area contributed by atoms with E-state index in [-0.39, 0.29) is 17.9 Å². The van der Waals surface area contributed by atoms with Gasteiger partial charge < -0.3 is 9.64 Å². The topological polar surface area (TPSA) is 92.4 Å². The third-order valence-electron chi connectivity index (χ3n) is 4.22. The minimum absolute atomic E-state index is 0.149. The first-order chi connectivity index (χ1) is 13.0. The van der Waals surface area contributed by atoms with Crippen LogP contribution in [0.4, 0.5) is 5.69 Å². The van der Waals surface area contributed by atoms with Crippen LogP contribution < -0.4 is 10.5 Å². The summed E-state index contributed by atoms with van der Waals surface area (Å²) in [4.78, 5) is 38.0. The Balaban J connectivity index is 1.70. The van der Waals surface area contributed by atoms with Gasteiger partial charge in [0.25, 0.3) is 11.5 Å². The number of amides is 1. The number of esters is 1. The van der Waals surface area contributed by atoms with Crippen molar-refractivity contribution in [2.24, 2.45) is 0 Å². The Bertz CT molecular complexity index is 1030. The maximum absolute atomic E-state index is 12.5. The van der Waals surface area contributed by atoms with Gasteiger partial charge in [0.15, 0.2) is 6.10 Å². The molecule has 7 nitrogen and oxygen atoms in total. The monoisotopic (exact) mass is 365 g/mol. The second-order valence-corrected chi connectivity index (χ2v) is 6.09. The normalized spacial score (nSPS) is 11.8. The number of likely N-dealkylation sites (N-methyl/N-ethyl adjacent to an activating group) is 1. The lowest BCUT2D eigenvalue weighted by Gasteiger charge is -2.21. The lowest BCUT2D eigenvalue weighted by molar-refractivity contribution is -0.153. The van der Waals surface area contributed by atoms with Crippen LogP contribution in [0.2, 0.25) is 0 Å². The fourth-order valence-corrected chi connectivity index (χ4v) is 2.78. The smallest absolute Gasteiger partial charge is 0.312 e. The van der Waals surface area contributed by atoms with Crippen LogP contribution in [0.1, 0.15) is 12.6 Å². The van der Waals surface area contributed by atoms with Crippen LogP contribution in [0.3, 0.4) is 0 Å². The maximum atomic E-state index is 12.5. The molecule has 1 atom stereocenters. The first-order valence-electron chi connectivity index (χ1n) is 8.46. The number of fused-ring (bicyclic) bond motifs is 1. The average Bonchev–Trinajstić information content (AvgIpc) is 2.69. The Hall–Kier alpha value is -3.48. The van der Waals surface area contributed by atoms with Gasteiger partial charge in [-0.3, -0.25) is 14.4 Å². The molecule has 3 rings (SSSR count). The van der Waals surface area contributed by atoms with E-state index in [2.05, 4.69) is 10.2 Å². The predicted molar refractivity (Wildman–Crippen MR) is 101 cm³/mol. The number of aromatic amines is 1. The maximum Gasteiger partial charge on any atom is 0.312 e. The summed E-state index contributed by atoms with van der Waals surface area (Å²) in [5, 5.41) is 7.35. The molecule has 1 heterocycles. The summed E-state index contributed by atoms with van der Waals surface area (Å²) in [5.74, 6) is -0.934. The number of nitrogens with zero attached hydrogens (tertiary/aromatic N) is 2. The Morgan fingerprint density at radius 1 is 1.07 bits per heavy atom. The van der Waals surface area contributed by atoms with E-state index in [9.17, 15) is 14.4 Å². The standard InChI is InChI=1S/C20H19N3O4/c1-13(20(26)23(2)14-8-4-3-5-9-14)27-18(24)12-17-15-10-6-7-11-16(15)19(25)22-21-17/h3-11,13H,12H2,1-2H3,(H,22,25)/t13-/m0/s1. The zero-order chi connectivity index (χ0) is 19.4. The van der Waals surface area contributed by atoms with Crippen LogP contribution in [0, 0.1) is 0 Å². The molecular formula is C20H19N3O4. The molecule has 0 saturated carbocycles. The van der Waals surface area contributed by atoms with Crippen molar-refractivity contribution < 1.29 is 14.3 Å². The molecule has 1 amide bonds. The Morgan fingerprint density at radius 3 is 2.41 bits per heavy atom. The van der Waals surface area contributed by atoms with Crippen molar-refractivity contribution in [2.45, 2.75) is 19.4 Å². The number of carbonyl (C=O) groups is 2. The molecule has 0 aliphatic rings. The summed E-state index contributed by atoms with van der Waals surface area (Å²) in [6.45, 7) is 1.53. The number of H-pyrrole nitrogens is 1. The Kier molecular flexibility index (Phi) is 5.30. The van der Waals surface area contributed by atoms with Gasteiger partial charge in [0.1, 0.15) is 0 Å². The molecule has 0 bridgehead atoms. The van der Waals surface area contributed by atoms with E-state index in [0.717, 1.165) is 0 Å². The number of benzene rings is 2. The number of aromatic nitrogens is 2. The molecule has 0 radical (unpaired) electrons. The highest BCUT2D eigenvalue weighted by molar-refractivity contribution is 5.97. The van der Waals surface area contributed by atoms with Gasteiger partial charge in [-0.05, 0) is 25.1 Å². The number of hydrogen-bond acceptors (Lipinski definition) is 5. The summed E-state index contributed by atoms with van der Waals surface area (Å²) in [6.07, 6.45) is -1.10. The van der Waals surface area contributed by atoms with E-state index < -0.39 is 12.1 Å². The highest BCUT2D eigenvalue weighted by atomic mass is 16.5. The molecule has 0 aliphatic heterocycles. The number of ether oxygens (including phenoxy) is 1. The summed E-state index contributed by atoms with van der Waals surface area (Å²) < 4.78 is 5.28. The van der Waals surface area contributed by atoms with Crippen LogP contribution >= 0.6 is 0 Å². The van der Waals surface area contributed by atoms with E-state index in [4.69, 9.17) is 4.74 Å². The minimum Gasteiger partial charge on any atom is -0.452 e. The second kappa shape index (κ2) is 7.82. The van der Waals surface area contributed by atoms with Crippen molar-refractivity contribution in [3.8, 4) is 0 Å².